The summed E-state index contributed by atoms with van der Waals surface area (Å²) in [5, 5.41) is 3.57. The van der Waals surface area contributed by atoms with Gasteiger partial charge in [-0.1, -0.05) is 23.8 Å². The maximum absolute atomic E-state index is 6.09. The van der Waals surface area contributed by atoms with Crippen molar-refractivity contribution < 1.29 is 9.47 Å². The molecular formula is C18H27NO2. The van der Waals surface area contributed by atoms with Crippen molar-refractivity contribution in [1.82, 2.24) is 5.32 Å². The molecule has 21 heavy (non-hydrogen) atoms. The molecule has 1 aromatic carbocycles. The molecule has 0 amide bonds. The summed E-state index contributed by atoms with van der Waals surface area (Å²) in [5.41, 5.74) is 4.14. The summed E-state index contributed by atoms with van der Waals surface area (Å²) in [6, 6.07) is 7.18. The van der Waals surface area contributed by atoms with Crippen LogP contribution >= 0.6 is 0 Å². The fourth-order valence-corrected chi connectivity index (χ4v) is 3.95. The van der Waals surface area contributed by atoms with Gasteiger partial charge in [-0.15, -0.1) is 0 Å². The van der Waals surface area contributed by atoms with Gasteiger partial charge in [-0.25, -0.2) is 0 Å². The van der Waals surface area contributed by atoms with Crippen molar-refractivity contribution >= 4 is 0 Å². The Bertz CT molecular complexity index is 494. The molecular weight excluding hydrogens is 262 g/mol. The molecule has 3 atom stereocenters. The highest BCUT2D eigenvalue weighted by atomic mass is 16.6. The van der Waals surface area contributed by atoms with Gasteiger partial charge in [0.25, 0.3) is 0 Å². The van der Waals surface area contributed by atoms with Crippen molar-refractivity contribution in [3.63, 3.8) is 0 Å². The minimum Gasteiger partial charge on any atom is -0.378 e. The Morgan fingerprint density at radius 2 is 2.14 bits per heavy atom. The molecule has 0 bridgehead atoms. The highest BCUT2D eigenvalue weighted by Gasteiger charge is 2.43. The molecule has 0 radical (unpaired) electrons. The van der Waals surface area contributed by atoms with Crippen molar-refractivity contribution in [2.75, 3.05) is 26.9 Å². The molecule has 3 unspecified atom stereocenters. The molecule has 0 aliphatic carbocycles. The van der Waals surface area contributed by atoms with Crippen molar-refractivity contribution in [2.45, 2.75) is 44.8 Å². The summed E-state index contributed by atoms with van der Waals surface area (Å²) in [7, 11) is 2.08. The first-order valence-corrected chi connectivity index (χ1v) is 8.10. The second kappa shape index (κ2) is 6.07. The van der Waals surface area contributed by atoms with Gasteiger partial charge < -0.3 is 14.8 Å². The Morgan fingerprint density at radius 3 is 2.86 bits per heavy atom. The first kappa shape index (κ1) is 15.0. The van der Waals surface area contributed by atoms with Crippen LogP contribution in [0.3, 0.4) is 0 Å². The predicted molar refractivity (Wildman–Crippen MR) is 84.6 cm³/mol. The third kappa shape index (κ3) is 3.01. The zero-order chi connectivity index (χ0) is 14.9. The van der Waals surface area contributed by atoms with Crippen molar-refractivity contribution in [3.05, 3.63) is 34.9 Å². The fraction of sp³-hybridized carbons (Fsp3) is 0.667. The number of rotatable bonds is 3. The maximum Gasteiger partial charge on any atom is 0.0940 e. The lowest BCUT2D eigenvalue weighted by atomic mass is 9.78. The standard InChI is InChI=1S/C18H27NO2/c1-13-4-5-14(2)16(10-13)17(19-3)15-6-8-21-18(11-15)7-9-20-12-18/h4-5,10,15,17,19H,6-9,11-12H2,1-3H3. The highest BCUT2D eigenvalue weighted by molar-refractivity contribution is 5.33. The lowest BCUT2D eigenvalue weighted by Crippen LogP contribution is -2.43. The van der Waals surface area contributed by atoms with Crippen molar-refractivity contribution in [2.24, 2.45) is 5.92 Å². The van der Waals surface area contributed by atoms with E-state index in [4.69, 9.17) is 9.47 Å². The third-order valence-corrected chi connectivity index (χ3v) is 5.15. The lowest BCUT2D eigenvalue weighted by molar-refractivity contribution is -0.103. The van der Waals surface area contributed by atoms with E-state index >= 15 is 0 Å². The average Bonchev–Trinajstić information content (AvgIpc) is 2.91. The van der Waals surface area contributed by atoms with Gasteiger partial charge in [0.2, 0.25) is 0 Å². The second-order valence-corrected chi connectivity index (χ2v) is 6.71. The van der Waals surface area contributed by atoms with Gasteiger partial charge in [-0.05, 0) is 50.8 Å². The molecule has 1 spiro atoms. The second-order valence-electron chi connectivity index (χ2n) is 6.71. The van der Waals surface area contributed by atoms with E-state index in [-0.39, 0.29) is 5.60 Å². The van der Waals surface area contributed by atoms with E-state index in [0.717, 1.165) is 39.1 Å². The molecule has 2 saturated heterocycles. The van der Waals surface area contributed by atoms with Crippen LogP contribution in [0.4, 0.5) is 0 Å². The van der Waals surface area contributed by atoms with Crippen molar-refractivity contribution in [1.29, 1.82) is 0 Å². The smallest absolute Gasteiger partial charge is 0.0940 e. The quantitative estimate of drug-likeness (QED) is 0.927. The molecule has 2 aliphatic rings. The molecule has 116 valence electrons. The van der Waals surface area contributed by atoms with Crippen LogP contribution in [0, 0.1) is 19.8 Å². The summed E-state index contributed by atoms with van der Waals surface area (Å²) >= 11 is 0. The van der Waals surface area contributed by atoms with E-state index in [0.29, 0.717) is 12.0 Å². The van der Waals surface area contributed by atoms with Crippen LogP contribution < -0.4 is 5.32 Å². The monoisotopic (exact) mass is 289 g/mol. The zero-order valence-electron chi connectivity index (χ0n) is 13.4. The van der Waals surface area contributed by atoms with Crippen LogP contribution in [0.25, 0.3) is 0 Å². The van der Waals surface area contributed by atoms with Crippen molar-refractivity contribution in [3.8, 4) is 0 Å². The number of benzene rings is 1. The Morgan fingerprint density at radius 1 is 1.29 bits per heavy atom. The summed E-state index contributed by atoms with van der Waals surface area (Å²) in [6.07, 6.45) is 3.28. The Kier molecular flexibility index (Phi) is 4.34. The fourth-order valence-electron chi connectivity index (χ4n) is 3.95. The summed E-state index contributed by atoms with van der Waals surface area (Å²) in [5.74, 6) is 0.617. The largest absolute Gasteiger partial charge is 0.378 e. The topological polar surface area (TPSA) is 30.5 Å². The lowest BCUT2D eigenvalue weighted by Gasteiger charge is -2.40. The summed E-state index contributed by atoms with van der Waals surface area (Å²) in [4.78, 5) is 0. The minimum absolute atomic E-state index is 0.0181. The molecule has 1 N–H and O–H groups in total. The number of nitrogens with one attached hydrogen (secondary N) is 1. The first-order chi connectivity index (χ1) is 10.1. The van der Waals surface area contributed by atoms with E-state index in [1.54, 1.807) is 0 Å². The van der Waals surface area contributed by atoms with Crippen LogP contribution in [0.5, 0.6) is 0 Å². The average molecular weight is 289 g/mol. The Hall–Kier alpha value is -0.900. The number of ether oxygens (including phenoxy) is 2. The molecule has 3 heteroatoms. The van der Waals surface area contributed by atoms with Crippen LogP contribution in [-0.4, -0.2) is 32.5 Å². The molecule has 0 aromatic heterocycles. The molecule has 2 fully saturated rings. The highest BCUT2D eigenvalue weighted by Crippen LogP contribution is 2.41. The van der Waals surface area contributed by atoms with Gasteiger partial charge in [0.1, 0.15) is 0 Å². The third-order valence-electron chi connectivity index (χ3n) is 5.15. The predicted octanol–water partition coefficient (Wildman–Crippen LogP) is 3.15. The molecule has 0 saturated carbocycles. The summed E-state index contributed by atoms with van der Waals surface area (Å²) in [6.45, 7) is 6.86. The van der Waals surface area contributed by atoms with E-state index in [1.807, 2.05) is 0 Å². The van der Waals surface area contributed by atoms with E-state index in [2.05, 4.69) is 44.4 Å². The summed E-state index contributed by atoms with van der Waals surface area (Å²) < 4.78 is 11.7. The van der Waals surface area contributed by atoms with Gasteiger partial charge in [0.05, 0.1) is 12.2 Å². The zero-order valence-corrected chi connectivity index (χ0v) is 13.4. The van der Waals surface area contributed by atoms with E-state index in [1.165, 1.54) is 16.7 Å². The SMILES string of the molecule is CNC(c1cc(C)ccc1C)C1CCOC2(CCOC2)C1. The Labute approximate surface area is 128 Å². The number of hydrogen-bond acceptors (Lipinski definition) is 3. The van der Waals surface area contributed by atoms with Crippen LogP contribution in [-0.2, 0) is 9.47 Å². The van der Waals surface area contributed by atoms with Gasteiger partial charge in [0.15, 0.2) is 0 Å². The number of aryl methyl sites for hydroxylation is 2. The van der Waals surface area contributed by atoms with Gasteiger partial charge in [0, 0.05) is 25.7 Å². The number of hydrogen-bond donors (Lipinski definition) is 1. The molecule has 3 nitrogen and oxygen atoms in total. The molecule has 2 heterocycles. The van der Waals surface area contributed by atoms with E-state index in [9.17, 15) is 0 Å². The first-order valence-electron chi connectivity index (χ1n) is 8.10. The van der Waals surface area contributed by atoms with Crippen LogP contribution in [0.2, 0.25) is 0 Å². The molecule has 3 rings (SSSR count). The normalized spacial score (nSPS) is 30.7. The molecule has 2 aliphatic heterocycles. The minimum atomic E-state index is -0.0181. The van der Waals surface area contributed by atoms with E-state index < -0.39 is 0 Å². The van der Waals surface area contributed by atoms with Gasteiger partial charge in [-0.3, -0.25) is 0 Å². The molecule has 1 aromatic rings. The van der Waals surface area contributed by atoms with Gasteiger partial charge in [-0.2, -0.15) is 0 Å². The van der Waals surface area contributed by atoms with Crippen LogP contribution in [0.1, 0.15) is 42.0 Å². The maximum atomic E-state index is 6.09. The Balaban J connectivity index is 1.84. The van der Waals surface area contributed by atoms with Gasteiger partial charge >= 0.3 is 0 Å². The van der Waals surface area contributed by atoms with Crippen LogP contribution in [0.15, 0.2) is 18.2 Å².